The summed E-state index contributed by atoms with van der Waals surface area (Å²) in [6, 6.07) is 15.6. The molecule has 1 saturated carbocycles. The van der Waals surface area contributed by atoms with Crippen LogP contribution in [0.5, 0.6) is 11.5 Å². The third kappa shape index (κ3) is 5.03. The van der Waals surface area contributed by atoms with Crippen LogP contribution in [0.4, 0.5) is 5.69 Å². The average Bonchev–Trinajstić information content (AvgIpc) is 2.72. The van der Waals surface area contributed by atoms with Crippen LogP contribution in [0.1, 0.15) is 24.8 Å². The molecule has 0 bridgehead atoms. The molecule has 1 aliphatic carbocycles. The Kier molecular flexibility index (Phi) is 6.37. The maximum absolute atomic E-state index is 12.2. The summed E-state index contributed by atoms with van der Waals surface area (Å²) >= 11 is 0. The molecular formula is C23H28N4O3. The third-order valence-corrected chi connectivity index (χ3v) is 5.42. The van der Waals surface area contributed by atoms with Crippen molar-refractivity contribution in [3.8, 4) is 11.5 Å². The number of ether oxygens (including phenoxy) is 2. The second-order valence-electron chi connectivity index (χ2n) is 7.62. The fourth-order valence-electron chi connectivity index (χ4n) is 3.45. The smallest absolute Gasteiger partial charge is 0.227 e. The van der Waals surface area contributed by atoms with Gasteiger partial charge in [-0.1, -0.05) is 30.7 Å². The number of rotatable bonds is 6. The molecule has 158 valence electrons. The Labute approximate surface area is 176 Å². The van der Waals surface area contributed by atoms with Crippen LogP contribution >= 0.6 is 0 Å². The summed E-state index contributed by atoms with van der Waals surface area (Å²) in [5.74, 6) is 2.52. The highest BCUT2D eigenvalue weighted by Crippen LogP contribution is 2.30. The summed E-state index contributed by atoms with van der Waals surface area (Å²) in [6.07, 6.45) is 3.05. The molecule has 1 amide bonds. The molecular weight excluding hydrogens is 380 g/mol. The molecule has 0 saturated heterocycles. The van der Waals surface area contributed by atoms with Crippen LogP contribution in [0.2, 0.25) is 0 Å². The number of nitrogens with zero attached hydrogens (tertiary/aromatic N) is 1. The van der Waals surface area contributed by atoms with E-state index in [-0.39, 0.29) is 17.9 Å². The molecule has 7 heteroatoms. The number of carbonyl (C=O) groups is 1. The fraction of sp³-hybridized carbons (Fsp3) is 0.391. The predicted octanol–water partition coefficient (Wildman–Crippen LogP) is 2.93. The normalized spacial score (nSPS) is 18.3. The highest BCUT2D eigenvalue weighted by Gasteiger charge is 2.25. The number of hydrogen-bond donors (Lipinski definition) is 3. The lowest BCUT2D eigenvalue weighted by atomic mass is 9.85. The first-order chi connectivity index (χ1) is 14.7. The largest absolute Gasteiger partial charge is 0.486 e. The van der Waals surface area contributed by atoms with Crippen molar-refractivity contribution < 1.29 is 14.3 Å². The summed E-state index contributed by atoms with van der Waals surface area (Å²) in [5, 5.41) is 9.60. The second-order valence-corrected chi connectivity index (χ2v) is 7.62. The summed E-state index contributed by atoms with van der Waals surface area (Å²) in [4.78, 5) is 16.4. The van der Waals surface area contributed by atoms with Crippen molar-refractivity contribution in [2.24, 2.45) is 10.9 Å². The lowest BCUT2D eigenvalue weighted by Gasteiger charge is -2.27. The van der Waals surface area contributed by atoms with Crippen molar-refractivity contribution in [1.82, 2.24) is 10.6 Å². The highest BCUT2D eigenvalue weighted by atomic mass is 16.6. The number of hydrogen-bond acceptors (Lipinski definition) is 4. The number of carbonyl (C=O) groups excluding carboxylic acids is 1. The monoisotopic (exact) mass is 408 g/mol. The van der Waals surface area contributed by atoms with Gasteiger partial charge in [-0.3, -0.25) is 9.79 Å². The van der Waals surface area contributed by atoms with Crippen molar-refractivity contribution in [3.05, 3.63) is 54.1 Å². The maximum atomic E-state index is 12.2. The van der Waals surface area contributed by atoms with Crippen molar-refractivity contribution in [3.63, 3.8) is 0 Å². The topological polar surface area (TPSA) is 84.0 Å². The Morgan fingerprint density at radius 3 is 2.70 bits per heavy atom. The molecule has 2 aliphatic rings. The van der Waals surface area contributed by atoms with Gasteiger partial charge in [0.1, 0.15) is 12.7 Å². The summed E-state index contributed by atoms with van der Waals surface area (Å²) in [6.45, 7) is 1.66. The maximum Gasteiger partial charge on any atom is 0.227 e. The van der Waals surface area contributed by atoms with Crippen LogP contribution < -0.4 is 25.4 Å². The van der Waals surface area contributed by atoms with Gasteiger partial charge in [0.25, 0.3) is 0 Å². The molecule has 4 rings (SSSR count). The van der Waals surface area contributed by atoms with Gasteiger partial charge < -0.3 is 25.4 Å². The first-order valence-electron chi connectivity index (χ1n) is 10.4. The molecule has 1 aliphatic heterocycles. The zero-order valence-electron chi connectivity index (χ0n) is 17.2. The van der Waals surface area contributed by atoms with Crippen LogP contribution in [0.15, 0.2) is 53.5 Å². The minimum Gasteiger partial charge on any atom is -0.486 e. The zero-order valence-corrected chi connectivity index (χ0v) is 17.2. The first kappa shape index (κ1) is 20.1. The van der Waals surface area contributed by atoms with Gasteiger partial charge in [-0.15, -0.1) is 0 Å². The molecule has 0 aromatic heterocycles. The standard InChI is InChI=1S/C23H28N4O3/c1-24-23(26-14-19-15-29-20-10-2-3-11-21(20)30-19)25-13-16-6-4-9-18(12-16)27-22(28)17-7-5-8-17/h2-4,6,9-12,17,19H,5,7-8,13-15H2,1H3,(H,27,28)(H2,24,25,26). The van der Waals surface area contributed by atoms with E-state index in [1.165, 1.54) is 0 Å². The Hall–Kier alpha value is -3.22. The minimum atomic E-state index is -0.0940. The second kappa shape index (κ2) is 9.52. The summed E-state index contributed by atoms with van der Waals surface area (Å²) in [7, 11) is 1.73. The van der Waals surface area contributed by atoms with Gasteiger partial charge in [0.15, 0.2) is 17.5 Å². The quantitative estimate of drug-likeness (QED) is 0.506. The fourth-order valence-corrected chi connectivity index (χ4v) is 3.45. The van der Waals surface area contributed by atoms with E-state index in [0.29, 0.717) is 25.7 Å². The number of benzene rings is 2. The molecule has 0 spiro atoms. The van der Waals surface area contributed by atoms with E-state index >= 15 is 0 Å². The van der Waals surface area contributed by atoms with E-state index in [9.17, 15) is 4.79 Å². The lowest BCUT2D eigenvalue weighted by molar-refractivity contribution is -0.122. The number of amides is 1. The van der Waals surface area contributed by atoms with Gasteiger partial charge in [-0.25, -0.2) is 0 Å². The molecule has 1 fully saturated rings. The number of nitrogens with one attached hydrogen (secondary N) is 3. The first-order valence-corrected chi connectivity index (χ1v) is 10.4. The molecule has 1 heterocycles. The summed E-state index contributed by atoms with van der Waals surface area (Å²) in [5.41, 5.74) is 1.90. The molecule has 2 aromatic rings. The molecule has 30 heavy (non-hydrogen) atoms. The van der Waals surface area contributed by atoms with Gasteiger partial charge in [0.2, 0.25) is 5.91 Å². The number of guanidine groups is 1. The number of fused-ring (bicyclic) bond motifs is 1. The molecule has 0 radical (unpaired) electrons. The van der Waals surface area contributed by atoms with Crippen molar-refractivity contribution in [2.45, 2.75) is 31.9 Å². The minimum absolute atomic E-state index is 0.0940. The van der Waals surface area contributed by atoms with Gasteiger partial charge in [-0.05, 0) is 42.7 Å². The van der Waals surface area contributed by atoms with Gasteiger partial charge in [0, 0.05) is 25.2 Å². The van der Waals surface area contributed by atoms with E-state index in [1.807, 2.05) is 48.5 Å². The van der Waals surface area contributed by atoms with Gasteiger partial charge in [0.05, 0.1) is 6.54 Å². The zero-order chi connectivity index (χ0) is 20.8. The molecule has 2 aromatic carbocycles. The molecule has 3 N–H and O–H groups in total. The number of aliphatic imine (C=N–C) groups is 1. The lowest BCUT2D eigenvalue weighted by Crippen LogP contribution is -2.45. The molecule has 7 nitrogen and oxygen atoms in total. The van der Waals surface area contributed by atoms with Crippen molar-refractivity contribution in [1.29, 1.82) is 0 Å². The summed E-state index contributed by atoms with van der Waals surface area (Å²) < 4.78 is 11.7. The van der Waals surface area contributed by atoms with Crippen LogP contribution in [-0.4, -0.2) is 38.2 Å². The predicted molar refractivity (Wildman–Crippen MR) is 117 cm³/mol. The van der Waals surface area contributed by atoms with Crippen LogP contribution in [-0.2, 0) is 11.3 Å². The third-order valence-electron chi connectivity index (χ3n) is 5.42. The Balaban J connectivity index is 1.24. The average molecular weight is 409 g/mol. The van der Waals surface area contributed by atoms with Crippen molar-refractivity contribution in [2.75, 3.05) is 25.5 Å². The molecule has 1 atom stereocenters. The van der Waals surface area contributed by atoms with Crippen LogP contribution in [0.3, 0.4) is 0 Å². The Morgan fingerprint density at radius 2 is 1.93 bits per heavy atom. The van der Waals surface area contributed by atoms with E-state index in [2.05, 4.69) is 20.9 Å². The van der Waals surface area contributed by atoms with Crippen molar-refractivity contribution >= 4 is 17.6 Å². The van der Waals surface area contributed by atoms with Gasteiger partial charge >= 0.3 is 0 Å². The van der Waals surface area contributed by atoms with Crippen LogP contribution in [0, 0.1) is 5.92 Å². The van der Waals surface area contributed by atoms with E-state index in [0.717, 1.165) is 42.0 Å². The Morgan fingerprint density at radius 1 is 1.10 bits per heavy atom. The highest BCUT2D eigenvalue weighted by molar-refractivity contribution is 5.93. The van der Waals surface area contributed by atoms with E-state index < -0.39 is 0 Å². The van der Waals surface area contributed by atoms with Crippen LogP contribution in [0.25, 0.3) is 0 Å². The van der Waals surface area contributed by atoms with Gasteiger partial charge in [-0.2, -0.15) is 0 Å². The van der Waals surface area contributed by atoms with E-state index in [1.54, 1.807) is 7.05 Å². The van der Waals surface area contributed by atoms with E-state index in [4.69, 9.17) is 9.47 Å². The number of para-hydroxylation sites is 2. The molecule has 1 unspecified atom stereocenters. The number of anilines is 1. The Bertz CT molecular complexity index is 911. The SMILES string of the molecule is CN=C(NCc1cccc(NC(=O)C2CCC2)c1)NCC1COc2ccccc2O1.